The summed E-state index contributed by atoms with van der Waals surface area (Å²) in [7, 11) is 1.70. The van der Waals surface area contributed by atoms with E-state index in [1.165, 1.54) is 0 Å². The number of nitrogens with zero attached hydrogens (tertiary/aromatic N) is 1. The van der Waals surface area contributed by atoms with E-state index in [1.54, 1.807) is 37.9 Å². The number of fused-ring (bicyclic) bond motifs is 1. The summed E-state index contributed by atoms with van der Waals surface area (Å²) in [6.45, 7) is 3.41. The van der Waals surface area contributed by atoms with Gasteiger partial charge in [-0.1, -0.05) is 18.2 Å². The van der Waals surface area contributed by atoms with Gasteiger partial charge in [-0.3, -0.25) is 4.79 Å². The lowest BCUT2D eigenvalue weighted by Crippen LogP contribution is -2.50. The Labute approximate surface area is 129 Å². The summed E-state index contributed by atoms with van der Waals surface area (Å²) in [6.07, 6.45) is -1.50. The number of rotatable bonds is 3. The molecule has 4 atom stereocenters. The second-order valence-corrected chi connectivity index (χ2v) is 6.10. The minimum atomic E-state index is -0.759. The van der Waals surface area contributed by atoms with Crippen molar-refractivity contribution in [2.75, 3.05) is 13.7 Å². The Morgan fingerprint density at radius 2 is 1.95 bits per heavy atom. The third kappa shape index (κ3) is 2.63. The normalized spacial score (nSPS) is 32.7. The summed E-state index contributed by atoms with van der Waals surface area (Å²) in [4.78, 5) is 14.2. The Kier molecular flexibility index (Phi) is 3.94. The molecule has 1 amide bonds. The first-order valence-corrected chi connectivity index (χ1v) is 7.37. The number of ether oxygens (including phenoxy) is 3. The Balaban J connectivity index is 1.83. The fraction of sp³-hybridized carbons (Fsp3) is 0.562. The molecule has 0 bridgehead atoms. The van der Waals surface area contributed by atoms with Crippen molar-refractivity contribution in [3.63, 3.8) is 0 Å². The zero-order valence-electron chi connectivity index (χ0n) is 12.9. The van der Waals surface area contributed by atoms with Crippen molar-refractivity contribution >= 4 is 5.91 Å². The monoisotopic (exact) mass is 307 g/mol. The van der Waals surface area contributed by atoms with Gasteiger partial charge in [0, 0.05) is 12.6 Å². The number of benzene rings is 1. The highest BCUT2D eigenvalue weighted by molar-refractivity contribution is 5.94. The van der Waals surface area contributed by atoms with E-state index in [9.17, 15) is 9.90 Å². The summed E-state index contributed by atoms with van der Waals surface area (Å²) in [6, 6.07) is 8.61. The molecule has 2 saturated heterocycles. The molecular formula is C16H21NO5. The van der Waals surface area contributed by atoms with Gasteiger partial charge in [-0.05, 0) is 26.0 Å². The lowest BCUT2D eigenvalue weighted by molar-refractivity contribution is -0.213. The number of carbonyl (C=O) groups is 1. The van der Waals surface area contributed by atoms with Crippen LogP contribution in [0.5, 0.6) is 0 Å². The molecule has 3 rings (SSSR count). The maximum absolute atomic E-state index is 12.6. The Bertz CT molecular complexity index is 547. The largest absolute Gasteiger partial charge is 0.394 e. The molecule has 1 N–H and O–H groups in total. The predicted molar refractivity (Wildman–Crippen MR) is 78.1 cm³/mol. The molecule has 120 valence electrons. The number of hydrogen-bond acceptors (Lipinski definition) is 5. The van der Waals surface area contributed by atoms with Crippen LogP contribution in [-0.4, -0.2) is 59.9 Å². The van der Waals surface area contributed by atoms with Crippen LogP contribution in [0, 0.1) is 0 Å². The van der Waals surface area contributed by atoms with E-state index in [4.69, 9.17) is 14.2 Å². The van der Waals surface area contributed by atoms with Crippen LogP contribution in [-0.2, 0) is 14.2 Å². The number of aliphatic hydroxyl groups excluding tert-OH is 1. The number of hydrogen-bond donors (Lipinski definition) is 1. The van der Waals surface area contributed by atoms with E-state index in [0.29, 0.717) is 5.56 Å². The Hall–Kier alpha value is -1.47. The van der Waals surface area contributed by atoms with Crippen LogP contribution >= 0.6 is 0 Å². The molecule has 0 aromatic heterocycles. The van der Waals surface area contributed by atoms with E-state index in [1.807, 2.05) is 18.2 Å². The van der Waals surface area contributed by atoms with Crippen LogP contribution in [0.1, 0.15) is 24.2 Å². The number of carbonyl (C=O) groups excluding carboxylic acids is 1. The molecule has 22 heavy (non-hydrogen) atoms. The van der Waals surface area contributed by atoms with Gasteiger partial charge in [0.25, 0.3) is 5.91 Å². The molecule has 0 saturated carbocycles. The molecule has 2 fully saturated rings. The molecular weight excluding hydrogens is 286 g/mol. The quantitative estimate of drug-likeness (QED) is 0.902. The molecule has 0 aliphatic carbocycles. The third-order valence-electron chi connectivity index (χ3n) is 4.08. The summed E-state index contributed by atoms with van der Waals surface area (Å²) in [5, 5.41) is 9.55. The van der Waals surface area contributed by atoms with Crippen molar-refractivity contribution in [2.24, 2.45) is 0 Å². The predicted octanol–water partition coefficient (Wildman–Crippen LogP) is 0.996. The summed E-state index contributed by atoms with van der Waals surface area (Å²) in [5.74, 6) is -0.897. The molecule has 1 aromatic carbocycles. The van der Waals surface area contributed by atoms with E-state index < -0.39 is 30.3 Å². The van der Waals surface area contributed by atoms with Gasteiger partial charge in [0.2, 0.25) is 0 Å². The van der Waals surface area contributed by atoms with Crippen molar-refractivity contribution in [3.05, 3.63) is 35.9 Å². The molecule has 2 heterocycles. The first-order valence-electron chi connectivity index (χ1n) is 7.37. The minimum Gasteiger partial charge on any atom is -0.394 e. The van der Waals surface area contributed by atoms with Crippen molar-refractivity contribution in [3.8, 4) is 0 Å². The van der Waals surface area contributed by atoms with Crippen molar-refractivity contribution < 1.29 is 24.1 Å². The van der Waals surface area contributed by atoms with Gasteiger partial charge in [0.05, 0.1) is 12.6 Å². The molecule has 6 heteroatoms. The number of aliphatic hydroxyl groups is 1. The van der Waals surface area contributed by atoms with E-state index in [-0.39, 0.29) is 12.5 Å². The van der Waals surface area contributed by atoms with Crippen LogP contribution in [0.4, 0.5) is 0 Å². The molecule has 2 aliphatic rings. The molecule has 0 spiro atoms. The SMILES string of the molecule is CN(C(=O)c1ccccc1)[C@@H]1[C@H]2OC(C)(C)O[C@H]2O[C@@H]1CO. The lowest BCUT2D eigenvalue weighted by Gasteiger charge is -2.32. The maximum atomic E-state index is 12.6. The van der Waals surface area contributed by atoms with Crippen LogP contribution < -0.4 is 0 Å². The van der Waals surface area contributed by atoms with Crippen molar-refractivity contribution in [1.82, 2.24) is 4.90 Å². The lowest BCUT2D eigenvalue weighted by atomic mass is 10.0. The molecule has 1 aromatic rings. The molecule has 2 aliphatic heterocycles. The minimum absolute atomic E-state index is 0.137. The van der Waals surface area contributed by atoms with Gasteiger partial charge in [0.1, 0.15) is 12.2 Å². The summed E-state index contributed by atoms with van der Waals surface area (Å²) < 4.78 is 17.2. The maximum Gasteiger partial charge on any atom is 0.254 e. The van der Waals surface area contributed by atoms with Gasteiger partial charge in [-0.2, -0.15) is 0 Å². The smallest absolute Gasteiger partial charge is 0.254 e. The average molecular weight is 307 g/mol. The van der Waals surface area contributed by atoms with Gasteiger partial charge < -0.3 is 24.2 Å². The van der Waals surface area contributed by atoms with Crippen LogP contribution in [0.2, 0.25) is 0 Å². The highest BCUT2D eigenvalue weighted by Gasteiger charge is 2.56. The number of likely N-dealkylation sites (N-methyl/N-ethyl adjacent to an activating group) is 1. The van der Waals surface area contributed by atoms with Crippen LogP contribution in [0.15, 0.2) is 30.3 Å². The fourth-order valence-corrected chi connectivity index (χ4v) is 3.10. The summed E-state index contributed by atoms with van der Waals surface area (Å²) in [5.41, 5.74) is 0.586. The second-order valence-electron chi connectivity index (χ2n) is 6.10. The van der Waals surface area contributed by atoms with Crippen LogP contribution in [0.3, 0.4) is 0 Å². The molecule has 0 unspecified atom stereocenters. The standard InChI is InChI=1S/C16H21NO5/c1-16(2)21-13-12(11(9-18)20-15(13)22-16)17(3)14(19)10-7-5-4-6-8-10/h4-8,11-13,15,18H,9H2,1-3H3/t11-,12+,13-,15-/m1/s1. The molecule has 6 nitrogen and oxygen atoms in total. The Morgan fingerprint density at radius 1 is 1.27 bits per heavy atom. The fourth-order valence-electron chi connectivity index (χ4n) is 3.10. The van der Waals surface area contributed by atoms with Crippen LogP contribution in [0.25, 0.3) is 0 Å². The third-order valence-corrected chi connectivity index (χ3v) is 4.08. The number of amides is 1. The average Bonchev–Trinajstić information content (AvgIpc) is 2.97. The van der Waals surface area contributed by atoms with Gasteiger partial charge >= 0.3 is 0 Å². The second kappa shape index (κ2) is 5.62. The molecule has 0 radical (unpaired) electrons. The highest BCUT2D eigenvalue weighted by Crippen LogP contribution is 2.39. The van der Waals surface area contributed by atoms with Crippen molar-refractivity contribution in [2.45, 2.75) is 44.2 Å². The summed E-state index contributed by atoms with van der Waals surface area (Å²) >= 11 is 0. The topological polar surface area (TPSA) is 68.2 Å². The highest BCUT2D eigenvalue weighted by atomic mass is 16.8. The van der Waals surface area contributed by atoms with Gasteiger partial charge in [-0.15, -0.1) is 0 Å². The van der Waals surface area contributed by atoms with Gasteiger partial charge in [-0.25, -0.2) is 0 Å². The first-order chi connectivity index (χ1) is 10.4. The van der Waals surface area contributed by atoms with E-state index in [2.05, 4.69) is 0 Å². The Morgan fingerprint density at radius 3 is 2.59 bits per heavy atom. The first kappa shape index (κ1) is 15.4. The zero-order chi connectivity index (χ0) is 15.9. The van der Waals surface area contributed by atoms with E-state index >= 15 is 0 Å². The zero-order valence-corrected chi connectivity index (χ0v) is 12.9. The van der Waals surface area contributed by atoms with Crippen molar-refractivity contribution in [1.29, 1.82) is 0 Å². The van der Waals surface area contributed by atoms with E-state index in [0.717, 1.165) is 0 Å². The van der Waals surface area contributed by atoms with Gasteiger partial charge in [0.15, 0.2) is 12.1 Å².